The van der Waals surface area contributed by atoms with Gasteiger partial charge in [0.15, 0.2) is 5.75 Å². The molecule has 0 unspecified atom stereocenters. The summed E-state index contributed by atoms with van der Waals surface area (Å²) in [6.45, 7) is 1.99. The lowest BCUT2D eigenvalue weighted by molar-refractivity contribution is 0.0627. The first-order valence-electron chi connectivity index (χ1n) is 21.3. The van der Waals surface area contributed by atoms with Crippen molar-refractivity contribution in [2.45, 2.75) is 36.7 Å². The molecule has 2 heterocycles. The fourth-order valence-corrected chi connectivity index (χ4v) is 11.0. The molecule has 0 aliphatic carbocycles. The normalized spacial score (nSPS) is 13.7. The minimum atomic E-state index is -5.48. The number of aromatic hydroxyl groups is 1. The van der Waals surface area contributed by atoms with Crippen LogP contribution in [0.25, 0.3) is 10.8 Å². The average Bonchev–Trinajstić information content (AvgIpc) is 3.73. The maximum atomic E-state index is 15.0. The smallest absolute Gasteiger partial charge is 0.295 e. The molecule has 8 rings (SSSR count). The number of carbonyl (C=O) groups is 5. The summed E-state index contributed by atoms with van der Waals surface area (Å²) in [5.74, 6) is -5.36. The van der Waals surface area contributed by atoms with E-state index in [1.54, 1.807) is 26.0 Å². The van der Waals surface area contributed by atoms with Crippen LogP contribution >= 0.6 is 11.6 Å². The molecule has 23 heteroatoms. The van der Waals surface area contributed by atoms with Crippen LogP contribution < -0.4 is 19.5 Å². The van der Waals surface area contributed by atoms with Gasteiger partial charge in [-0.05, 0) is 71.8 Å². The third-order valence-electron chi connectivity index (χ3n) is 11.9. The zero-order valence-electron chi connectivity index (χ0n) is 38.2. The van der Waals surface area contributed by atoms with Crippen molar-refractivity contribution in [2.75, 3.05) is 39.7 Å². The summed E-state index contributed by atoms with van der Waals surface area (Å²) in [7, 11) is -5.72. The van der Waals surface area contributed by atoms with Gasteiger partial charge >= 0.3 is 0 Å². The summed E-state index contributed by atoms with van der Waals surface area (Å²) < 4.78 is 83.5. The molecule has 0 fully saturated rings. The van der Waals surface area contributed by atoms with Gasteiger partial charge in [-0.2, -0.15) is 12.7 Å². The molecule has 0 atom stereocenters. The Morgan fingerprint density at radius 2 is 1.24 bits per heavy atom. The lowest BCUT2D eigenvalue weighted by Gasteiger charge is -2.23. The van der Waals surface area contributed by atoms with E-state index >= 15 is 0 Å². The number of carbonyl (C=O) groups excluding carboxylic acids is 5. The average molecular weight is 1030 g/mol. The number of benzene rings is 6. The highest BCUT2D eigenvalue weighted by Gasteiger charge is 2.40. The predicted octanol–water partition coefficient (Wildman–Crippen LogP) is 7.76. The van der Waals surface area contributed by atoms with Crippen LogP contribution in [0.1, 0.15) is 76.8 Å². The molecule has 2 aliphatic rings. The summed E-state index contributed by atoms with van der Waals surface area (Å²) >= 11 is 6.45. The van der Waals surface area contributed by atoms with E-state index in [0.29, 0.717) is 4.90 Å². The van der Waals surface area contributed by atoms with Crippen LogP contribution in [0.3, 0.4) is 0 Å². The number of halogens is 1. The molecule has 0 bridgehead atoms. The second-order valence-electron chi connectivity index (χ2n) is 15.8. The highest BCUT2D eigenvalue weighted by Crippen LogP contribution is 2.48. The minimum absolute atomic E-state index is 0.00879. The molecule has 366 valence electrons. The Morgan fingerprint density at radius 3 is 1.75 bits per heavy atom. The summed E-state index contributed by atoms with van der Waals surface area (Å²) in [6, 6.07) is 20.2. The number of methoxy groups -OCH3 is 3. The molecule has 0 spiro atoms. The van der Waals surface area contributed by atoms with E-state index in [9.17, 15) is 50.5 Å². The van der Waals surface area contributed by atoms with Gasteiger partial charge < -0.3 is 24.6 Å². The summed E-state index contributed by atoms with van der Waals surface area (Å²) in [6.07, 6.45) is 0. The van der Waals surface area contributed by atoms with Gasteiger partial charge in [-0.1, -0.05) is 49.7 Å². The number of ether oxygens (including phenoxy) is 3. The van der Waals surface area contributed by atoms with Gasteiger partial charge in [0.2, 0.25) is 10.0 Å². The molecule has 5 amide bonds. The lowest BCUT2D eigenvalue weighted by atomic mass is 9.93. The molecular formula is C48H41ClN6O14S2. The number of amides is 5. The van der Waals surface area contributed by atoms with Crippen molar-refractivity contribution in [3.63, 3.8) is 0 Å². The molecule has 20 nitrogen and oxygen atoms in total. The van der Waals surface area contributed by atoms with E-state index in [4.69, 9.17) is 25.8 Å². The summed E-state index contributed by atoms with van der Waals surface area (Å²) in [5, 5.41) is 22.8. The highest BCUT2D eigenvalue weighted by atomic mass is 35.5. The maximum Gasteiger partial charge on any atom is 0.295 e. The predicted molar refractivity (Wildman–Crippen MR) is 257 cm³/mol. The number of fused-ring (bicyclic) bond motifs is 3. The highest BCUT2D eigenvalue weighted by molar-refractivity contribution is 7.89. The van der Waals surface area contributed by atoms with Gasteiger partial charge in [-0.15, -0.1) is 10.2 Å². The number of azo groups is 1. The van der Waals surface area contributed by atoms with Crippen molar-refractivity contribution in [3.05, 3.63) is 135 Å². The largest absolute Gasteiger partial charge is 0.505 e. The minimum Gasteiger partial charge on any atom is -0.505 e. The first-order chi connectivity index (χ1) is 33.8. The number of anilines is 1. The van der Waals surface area contributed by atoms with Gasteiger partial charge in [0.05, 0.1) is 77.8 Å². The van der Waals surface area contributed by atoms with E-state index in [2.05, 4.69) is 15.5 Å². The first kappa shape index (κ1) is 49.7. The van der Waals surface area contributed by atoms with Crippen molar-refractivity contribution in [1.82, 2.24) is 14.1 Å². The Morgan fingerprint density at radius 1 is 0.704 bits per heavy atom. The van der Waals surface area contributed by atoms with Crippen molar-refractivity contribution < 1.29 is 64.7 Å². The van der Waals surface area contributed by atoms with Crippen LogP contribution in [0, 0.1) is 0 Å². The van der Waals surface area contributed by atoms with Crippen LogP contribution in [0.15, 0.2) is 111 Å². The Hall–Kier alpha value is -7.76. The number of sulfonamides is 1. The molecule has 0 aromatic heterocycles. The molecule has 0 radical (unpaired) electrons. The SMILES string of the molecule is CCN(CC)S(=O)(=O)c1ccc(OC)c(N=Nc2c(O)c(C(=O)Nc3cc(Cl)c(OC)cc3OC)c(CN3C(=O)c4ccccc4C3=O)c3c(S(=O)(=O)O)cc(CN4C(=O)c5ccccc5C4=O)cc23)c1. The van der Waals surface area contributed by atoms with Crippen molar-refractivity contribution in [2.24, 2.45) is 10.2 Å². The van der Waals surface area contributed by atoms with E-state index in [-0.39, 0.29) is 79.4 Å². The fourth-order valence-electron chi connectivity index (χ4n) is 8.46. The van der Waals surface area contributed by atoms with Gasteiger partial charge in [-0.3, -0.25) is 38.3 Å². The molecular weight excluding hydrogens is 984 g/mol. The van der Waals surface area contributed by atoms with Crippen LogP contribution in [0.5, 0.6) is 23.0 Å². The molecule has 3 N–H and O–H groups in total. The third-order valence-corrected chi connectivity index (χ3v) is 15.1. The van der Waals surface area contributed by atoms with Crippen LogP contribution in [-0.2, 0) is 33.2 Å². The van der Waals surface area contributed by atoms with Crippen molar-refractivity contribution in [3.8, 4) is 23.0 Å². The van der Waals surface area contributed by atoms with E-state index in [0.717, 1.165) is 17.0 Å². The second kappa shape index (κ2) is 19.2. The Labute approximate surface area is 410 Å². The molecule has 0 saturated heterocycles. The zero-order chi connectivity index (χ0) is 51.3. The maximum absolute atomic E-state index is 15.0. The number of imide groups is 2. The lowest BCUT2D eigenvalue weighted by Crippen LogP contribution is -2.31. The second-order valence-corrected chi connectivity index (χ2v) is 19.5. The van der Waals surface area contributed by atoms with E-state index in [1.807, 2.05) is 0 Å². The Balaban J connectivity index is 1.44. The van der Waals surface area contributed by atoms with Gasteiger partial charge in [0, 0.05) is 29.9 Å². The van der Waals surface area contributed by atoms with Crippen molar-refractivity contribution >= 4 is 89.1 Å². The first-order valence-corrected chi connectivity index (χ1v) is 24.6. The number of phenols is 1. The molecule has 6 aromatic rings. The van der Waals surface area contributed by atoms with Gasteiger partial charge in [0.1, 0.15) is 33.5 Å². The standard InChI is InChI=1S/C48H41ClN6O14S2/c1-6-53(7-2)70(62,63)26-16-17-36(67-3)35(20-26)51-52-42-31-18-25(23-54-45(58)27-12-8-9-13-28(27)46(54)59)19-39(71(64,65)66)40(31)32(24-55-47(60)29-14-10-11-15-30(29)48(55)61)41(43(42)56)44(57)50-34-21-33(49)37(68-4)22-38(34)69-5/h8-22,56H,6-7,23-24H2,1-5H3,(H,50,57)(H,64,65,66). The molecule has 71 heavy (non-hydrogen) atoms. The Bertz CT molecular complexity index is 3480. The number of nitrogens with one attached hydrogen (secondary N) is 1. The van der Waals surface area contributed by atoms with Crippen LogP contribution in [0.4, 0.5) is 17.1 Å². The monoisotopic (exact) mass is 1020 g/mol. The number of phenolic OH excluding ortho intramolecular Hbond substituents is 1. The number of nitrogens with zero attached hydrogens (tertiary/aromatic N) is 5. The zero-order valence-corrected chi connectivity index (χ0v) is 40.6. The van der Waals surface area contributed by atoms with Gasteiger partial charge in [-0.25, -0.2) is 8.42 Å². The topological polar surface area (TPSA) is 268 Å². The summed E-state index contributed by atoms with van der Waals surface area (Å²) in [4.78, 5) is 70.6. The van der Waals surface area contributed by atoms with Crippen LogP contribution in [0.2, 0.25) is 5.02 Å². The molecule has 0 saturated carbocycles. The Kier molecular flexibility index (Phi) is 13.4. The van der Waals surface area contributed by atoms with Crippen molar-refractivity contribution in [1.29, 1.82) is 0 Å². The number of hydrogen-bond donors (Lipinski definition) is 3. The van der Waals surface area contributed by atoms with E-state index in [1.165, 1.54) is 92.4 Å². The van der Waals surface area contributed by atoms with Crippen LogP contribution in [-0.4, -0.2) is 105 Å². The quantitative estimate of drug-likeness (QED) is 0.0475. The van der Waals surface area contributed by atoms with Gasteiger partial charge in [0.25, 0.3) is 39.7 Å². The molecule has 2 aliphatic heterocycles. The van der Waals surface area contributed by atoms with E-state index < -0.39 is 101 Å². The molecule has 6 aromatic carbocycles. The third kappa shape index (κ3) is 8.80. The fraction of sp³-hybridized carbons (Fsp3) is 0.188. The number of rotatable bonds is 16. The number of hydrogen-bond acceptors (Lipinski definition) is 15. The summed E-state index contributed by atoms with van der Waals surface area (Å²) in [5.41, 5.74) is -2.43.